The van der Waals surface area contributed by atoms with E-state index in [1.807, 2.05) is 12.1 Å². The van der Waals surface area contributed by atoms with Crippen LogP contribution in [0, 0.1) is 0 Å². The number of H-pyrrole nitrogens is 1. The quantitative estimate of drug-likeness (QED) is 0.558. The van der Waals surface area contributed by atoms with Gasteiger partial charge in [0.2, 0.25) is 0 Å². The average molecular weight is 231 g/mol. The highest BCUT2D eigenvalue weighted by atomic mass is 16.1. The molecular formula is C13H17N3O. The summed E-state index contributed by atoms with van der Waals surface area (Å²) in [6, 6.07) is 5.51. The van der Waals surface area contributed by atoms with Crippen molar-refractivity contribution in [2.24, 2.45) is 0 Å². The molecule has 1 aromatic heterocycles. The van der Waals surface area contributed by atoms with Crippen molar-refractivity contribution in [2.45, 2.75) is 19.8 Å². The lowest BCUT2D eigenvalue weighted by atomic mass is 10.1. The topological polar surface area (TPSA) is 70.9 Å². The minimum atomic E-state index is -0.0329. The lowest BCUT2D eigenvalue weighted by Crippen LogP contribution is -2.23. The highest BCUT2D eigenvalue weighted by molar-refractivity contribution is 6.07. The summed E-state index contributed by atoms with van der Waals surface area (Å²) in [5, 5.41) is 3.81. The van der Waals surface area contributed by atoms with Crippen molar-refractivity contribution in [1.29, 1.82) is 0 Å². The molecule has 0 saturated heterocycles. The van der Waals surface area contributed by atoms with Gasteiger partial charge in [0.25, 0.3) is 5.91 Å². The molecular weight excluding hydrogens is 214 g/mol. The molecule has 1 heterocycles. The second-order valence-corrected chi connectivity index (χ2v) is 4.12. The van der Waals surface area contributed by atoms with Crippen molar-refractivity contribution in [3.05, 3.63) is 30.0 Å². The van der Waals surface area contributed by atoms with Crippen LogP contribution in [0.4, 0.5) is 5.69 Å². The van der Waals surface area contributed by atoms with Crippen LogP contribution in [0.25, 0.3) is 10.9 Å². The van der Waals surface area contributed by atoms with E-state index >= 15 is 0 Å². The zero-order valence-corrected chi connectivity index (χ0v) is 9.92. The molecule has 2 rings (SSSR count). The maximum absolute atomic E-state index is 11.9. The molecule has 2 aromatic rings. The van der Waals surface area contributed by atoms with Crippen molar-refractivity contribution in [2.75, 3.05) is 12.3 Å². The summed E-state index contributed by atoms with van der Waals surface area (Å²) in [4.78, 5) is 15.0. The molecule has 0 radical (unpaired) electrons. The van der Waals surface area contributed by atoms with E-state index in [1.165, 1.54) is 0 Å². The number of unbranched alkanes of at least 4 members (excludes halogenated alkanes) is 1. The molecule has 0 aliphatic carbocycles. The number of benzene rings is 1. The van der Waals surface area contributed by atoms with Crippen molar-refractivity contribution in [3.8, 4) is 0 Å². The number of aromatic nitrogens is 1. The van der Waals surface area contributed by atoms with Crippen molar-refractivity contribution in [3.63, 3.8) is 0 Å². The van der Waals surface area contributed by atoms with Gasteiger partial charge < -0.3 is 16.0 Å². The summed E-state index contributed by atoms with van der Waals surface area (Å²) in [6.45, 7) is 2.82. The van der Waals surface area contributed by atoms with Crippen LogP contribution in [0.15, 0.2) is 24.4 Å². The first-order valence-corrected chi connectivity index (χ1v) is 5.87. The van der Waals surface area contributed by atoms with Crippen LogP contribution in [-0.4, -0.2) is 17.4 Å². The van der Waals surface area contributed by atoms with E-state index in [1.54, 1.807) is 12.3 Å². The van der Waals surface area contributed by atoms with Gasteiger partial charge in [-0.05, 0) is 24.6 Å². The smallest absolute Gasteiger partial charge is 0.253 e. The van der Waals surface area contributed by atoms with Gasteiger partial charge in [-0.15, -0.1) is 0 Å². The summed E-state index contributed by atoms with van der Waals surface area (Å²) in [5.74, 6) is -0.0329. The van der Waals surface area contributed by atoms with E-state index in [0.29, 0.717) is 11.3 Å². The Morgan fingerprint density at radius 2 is 2.29 bits per heavy atom. The highest BCUT2D eigenvalue weighted by Crippen LogP contribution is 2.20. The maximum Gasteiger partial charge on any atom is 0.253 e. The molecule has 1 aromatic carbocycles. The van der Waals surface area contributed by atoms with Gasteiger partial charge in [-0.2, -0.15) is 0 Å². The summed E-state index contributed by atoms with van der Waals surface area (Å²) >= 11 is 0. The van der Waals surface area contributed by atoms with E-state index in [-0.39, 0.29) is 5.91 Å². The zero-order chi connectivity index (χ0) is 12.3. The predicted molar refractivity (Wildman–Crippen MR) is 70.0 cm³/mol. The SMILES string of the molecule is CCCCNC(=O)c1c[nH]c2cc(N)ccc12. The van der Waals surface area contributed by atoms with Crippen molar-refractivity contribution < 1.29 is 4.79 Å². The van der Waals surface area contributed by atoms with E-state index in [2.05, 4.69) is 17.2 Å². The first-order chi connectivity index (χ1) is 8.22. The monoisotopic (exact) mass is 231 g/mol. The molecule has 0 saturated carbocycles. The lowest BCUT2D eigenvalue weighted by molar-refractivity contribution is 0.0955. The molecule has 4 N–H and O–H groups in total. The van der Waals surface area contributed by atoms with Crippen LogP contribution >= 0.6 is 0 Å². The minimum Gasteiger partial charge on any atom is -0.399 e. The van der Waals surface area contributed by atoms with Gasteiger partial charge in [0.1, 0.15) is 0 Å². The van der Waals surface area contributed by atoms with E-state index in [0.717, 1.165) is 30.3 Å². The summed E-state index contributed by atoms with van der Waals surface area (Å²) in [7, 11) is 0. The Labute approximate surface area is 100 Å². The number of aromatic amines is 1. The standard InChI is InChI=1S/C13H17N3O/c1-2-3-6-15-13(17)11-8-16-12-7-9(14)4-5-10(11)12/h4-5,7-8,16H,2-3,6,14H2,1H3,(H,15,17). The van der Waals surface area contributed by atoms with E-state index in [4.69, 9.17) is 5.73 Å². The van der Waals surface area contributed by atoms with E-state index in [9.17, 15) is 4.79 Å². The molecule has 0 aliphatic heterocycles. The zero-order valence-electron chi connectivity index (χ0n) is 9.92. The first-order valence-electron chi connectivity index (χ1n) is 5.87. The summed E-state index contributed by atoms with van der Waals surface area (Å²) in [6.07, 6.45) is 3.80. The Morgan fingerprint density at radius 1 is 1.47 bits per heavy atom. The molecule has 0 unspecified atom stereocenters. The third kappa shape index (κ3) is 2.41. The number of nitrogens with two attached hydrogens (primary N) is 1. The van der Waals surface area contributed by atoms with Crippen molar-refractivity contribution in [1.82, 2.24) is 10.3 Å². The Hall–Kier alpha value is -1.97. The first kappa shape index (κ1) is 11.5. The molecule has 4 nitrogen and oxygen atoms in total. The number of amides is 1. The van der Waals surface area contributed by atoms with Crippen LogP contribution in [-0.2, 0) is 0 Å². The third-order valence-electron chi connectivity index (χ3n) is 2.77. The van der Waals surface area contributed by atoms with E-state index < -0.39 is 0 Å². The fourth-order valence-electron chi connectivity index (χ4n) is 1.81. The molecule has 4 heteroatoms. The number of carbonyl (C=O) groups excluding carboxylic acids is 1. The molecule has 0 fully saturated rings. The number of nitrogens with one attached hydrogen (secondary N) is 2. The second kappa shape index (κ2) is 4.91. The molecule has 0 spiro atoms. The maximum atomic E-state index is 11.9. The Morgan fingerprint density at radius 3 is 3.06 bits per heavy atom. The summed E-state index contributed by atoms with van der Waals surface area (Å²) in [5.41, 5.74) is 7.95. The number of hydrogen-bond donors (Lipinski definition) is 3. The van der Waals surface area contributed by atoms with Gasteiger partial charge in [0, 0.05) is 29.3 Å². The van der Waals surface area contributed by atoms with Gasteiger partial charge in [-0.25, -0.2) is 0 Å². The van der Waals surface area contributed by atoms with Crippen LogP contribution in [0.5, 0.6) is 0 Å². The molecule has 90 valence electrons. The van der Waals surface area contributed by atoms with Crippen LogP contribution in [0.3, 0.4) is 0 Å². The number of fused-ring (bicyclic) bond motifs is 1. The molecule has 1 amide bonds. The lowest BCUT2D eigenvalue weighted by Gasteiger charge is -2.02. The number of carbonyl (C=O) groups is 1. The Kier molecular flexibility index (Phi) is 3.32. The Bertz CT molecular complexity index is 530. The molecule has 17 heavy (non-hydrogen) atoms. The fourth-order valence-corrected chi connectivity index (χ4v) is 1.81. The molecule has 0 atom stereocenters. The van der Waals surface area contributed by atoms with Gasteiger partial charge >= 0.3 is 0 Å². The number of anilines is 1. The Balaban J connectivity index is 2.21. The van der Waals surface area contributed by atoms with Gasteiger partial charge in [-0.1, -0.05) is 13.3 Å². The summed E-state index contributed by atoms with van der Waals surface area (Å²) < 4.78 is 0. The number of nitrogen functional groups attached to an aromatic ring is 1. The fraction of sp³-hybridized carbons (Fsp3) is 0.308. The van der Waals surface area contributed by atoms with Gasteiger partial charge in [0.05, 0.1) is 5.56 Å². The number of hydrogen-bond acceptors (Lipinski definition) is 2. The average Bonchev–Trinajstić information content (AvgIpc) is 2.72. The molecule has 0 bridgehead atoms. The van der Waals surface area contributed by atoms with Crippen LogP contribution in [0.1, 0.15) is 30.1 Å². The molecule has 0 aliphatic rings. The minimum absolute atomic E-state index is 0.0329. The normalized spacial score (nSPS) is 10.6. The predicted octanol–water partition coefficient (Wildman–Crippen LogP) is 2.28. The second-order valence-electron chi connectivity index (χ2n) is 4.12. The highest BCUT2D eigenvalue weighted by Gasteiger charge is 2.10. The number of rotatable bonds is 4. The van der Waals surface area contributed by atoms with Gasteiger partial charge in [0.15, 0.2) is 0 Å². The van der Waals surface area contributed by atoms with Crippen LogP contribution < -0.4 is 11.1 Å². The third-order valence-corrected chi connectivity index (χ3v) is 2.77. The van der Waals surface area contributed by atoms with Crippen molar-refractivity contribution >= 4 is 22.5 Å². The van der Waals surface area contributed by atoms with Crippen LogP contribution in [0.2, 0.25) is 0 Å². The van der Waals surface area contributed by atoms with Gasteiger partial charge in [-0.3, -0.25) is 4.79 Å². The largest absolute Gasteiger partial charge is 0.399 e.